The van der Waals surface area contributed by atoms with Gasteiger partial charge in [0, 0.05) is 44.3 Å². The SMILES string of the molecule is Cc1nsc(N2CCCN(C[C@@H]3CCOC3)CC2)n1. The molecule has 5 nitrogen and oxygen atoms in total. The van der Waals surface area contributed by atoms with Crippen LogP contribution < -0.4 is 4.90 Å². The molecule has 2 fully saturated rings. The summed E-state index contributed by atoms with van der Waals surface area (Å²) in [5.41, 5.74) is 0. The van der Waals surface area contributed by atoms with Crippen molar-refractivity contribution in [3.8, 4) is 0 Å². The molecule has 1 aromatic rings. The van der Waals surface area contributed by atoms with Gasteiger partial charge in [0.25, 0.3) is 0 Å². The minimum atomic E-state index is 0.746. The van der Waals surface area contributed by atoms with Crippen molar-refractivity contribution in [3.63, 3.8) is 0 Å². The zero-order chi connectivity index (χ0) is 13.1. The summed E-state index contributed by atoms with van der Waals surface area (Å²) < 4.78 is 9.75. The predicted molar refractivity (Wildman–Crippen MR) is 76.8 cm³/mol. The highest BCUT2D eigenvalue weighted by molar-refractivity contribution is 7.09. The number of rotatable bonds is 3. The molecule has 0 amide bonds. The zero-order valence-electron chi connectivity index (χ0n) is 11.5. The van der Waals surface area contributed by atoms with Gasteiger partial charge < -0.3 is 14.5 Å². The van der Waals surface area contributed by atoms with Crippen molar-refractivity contribution in [2.24, 2.45) is 5.92 Å². The summed E-state index contributed by atoms with van der Waals surface area (Å²) in [5, 5.41) is 1.09. The topological polar surface area (TPSA) is 41.5 Å². The quantitative estimate of drug-likeness (QED) is 0.838. The molecule has 2 saturated heterocycles. The van der Waals surface area contributed by atoms with E-state index in [4.69, 9.17) is 4.74 Å². The highest BCUT2D eigenvalue weighted by Crippen LogP contribution is 2.20. The Morgan fingerprint density at radius 2 is 2.26 bits per heavy atom. The fourth-order valence-corrected chi connectivity index (χ4v) is 3.58. The molecule has 1 atom stereocenters. The average molecular weight is 282 g/mol. The van der Waals surface area contributed by atoms with E-state index in [-0.39, 0.29) is 0 Å². The first kappa shape index (κ1) is 13.3. The maximum absolute atomic E-state index is 5.47. The van der Waals surface area contributed by atoms with Gasteiger partial charge in [0.2, 0.25) is 5.13 Å². The minimum absolute atomic E-state index is 0.746. The molecule has 0 saturated carbocycles. The van der Waals surface area contributed by atoms with Crippen LogP contribution in [0.25, 0.3) is 0 Å². The van der Waals surface area contributed by atoms with Gasteiger partial charge in [-0.3, -0.25) is 0 Å². The normalized spacial score (nSPS) is 25.7. The molecular weight excluding hydrogens is 260 g/mol. The standard InChI is InChI=1S/C13H22N4OS/c1-11-14-13(19-15-11)17-5-2-4-16(6-7-17)9-12-3-8-18-10-12/h12H,2-10H2,1H3/t12-/m0/s1. The van der Waals surface area contributed by atoms with Crippen LogP contribution in [-0.2, 0) is 4.74 Å². The number of anilines is 1. The molecule has 0 aromatic carbocycles. The monoisotopic (exact) mass is 282 g/mol. The van der Waals surface area contributed by atoms with Crippen LogP contribution in [0.1, 0.15) is 18.7 Å². The molecule has 0 N–H and O–H groups in total. The first-order valence-electron chi connectivity index (χ1n) is 7.16. The van der Waals surface area contributed by atoms with Crippen LogP contribution in [0, 0.1) is 12.8 Å². The smallest absolute Gasteiger partial charge is 0.205 e. The Kier molecular flexibility index (Phi) is 4.30. The molecule has 6 heteroatoms. The number of aromatic nitrogens is 2. The number of hydrogen-bond acceptors (Lipinski definition) is 6. The van der Waals surface area contributed by atoms with E-state index in [1.54, 1.807) is 0 Å². The summed E-state index contributed by atoms with van der Waals surface area (Å²) in [7, 11) is 0. The zero-order valence-corrected chi connectivity index (χ0v) is 12.4. The van der Waals surface area contributed by atoms with Crippen molar-refractivity contribution in [2.45, 2.75) is 19.8 Å². The van der Waals surface area contributed by atoms with Crippen LogP contribution in [0.4, 0.5) is 5.13 Å². The molecule has 2 aliphatic rings. The van der Waals surface area contributed by atoms with Gasteiger partial charge in [0.05, 0.1) is 6.61 Å². The van der Waals surface area contributed by atoms with E-state index in [1.165, 1.54) is 37.5 Å². The van der Waals surface area contributed by atoms with Crippen molar-refractivity contribution in [2.75, 3.05) is 50.8 Å². The predicted octanol–water partition coefficient (Wildman–Crippen LogP) is 1.40. The molecule has 2 aliphatic heterocycles. The second kappa shape index (κ2) is 6.15. The lowest BCUT2D eigenvalue weighted by Gasteiger charge is -2.23. The Balaban J connectivity index is 1.53. The number of aryl methyl sites for hydroxylation is 1. The van der Waals surface area contributed by atoms with Gasteiger partial charge in [-0.2, -0.15) is 4.37 Å². The Hall–Kier alpha value is -0.720. The summed E-state index contributed by atoms with van der Waals surface area (Å²) in [4.78, 5) is 9.47. The number of hydrogen-bond donors (Lipinski definition) is 0. The van der Waals surface area contributed by atoms with E-state index in [0.29, 0.717) is 0 Å². The van der Waals surface area contributed by atoms with Gasteiger partial charge >= 0.3 is 0 Å². The highest BCUT2D eigenvalue weighted by Gasteiger charge is 2.22. The third-order valence-electron chi connectivity index (χ3n) is 3.92. The first-order chi connectivity index (χ1) is 9.31. The largest absolute Gasteiger partial charge is 0.381 e. The van der Waals surface area contributed by atoms with Crippen molar-refractivity contribution in [1.29, 1.82) is 0 Å². The summed E-state index contributed by atoms with van der Waals surface area (Å²) >= 11 is 1.53. The van der Waals surface area contributed by atoms with Crippen LogP contribution in [0.3, 0.4) is 0 Å². The van der Waals surface area contributed by atoms with Crippen molar-refractivity contribution in [3.05, 3.63) is 5.82 Å². The summed E-state index contributed by atoms with van der Waals surface area (Å²) in [6.45, 7) is 9.58. The van der Waals surface area contributed by atoms with E-state index in [0.717, 1.165) is 49.7 Å². The number of ether oxygens (including phenoxy) is 1. The third-order valence-corrected chi connectivity index (χ3v) is 4.78. The molecule has 0 aliphatic carbocycles. The fraction of sp³-hybridized carbons (Fsp3) is 0.846. The second-order valence-electron chi connectivity index (χ2n) is 5.49. The van der Waals surface area contributed by atoms with Crippen LogP contribution in [0.5, 0.6) is 0 Å². The Morgan fingerprint density at radius 3 is 3.00 bits per heavy atom. The second-order valence-corrected chi connectivity index (χ2v) is 6.23. The van der Waals surface area contributed by atoms with Gasteiger partial charge in [-0.05, 0) is 32.2 Å². The average Bonchev–Trinajstić information content (AvgIpc) is 2.99. The molecule has 3 heterocycles. The van der Waals surface area contributed by atoms with Crippen LogP contribution in [0.2, 0.25) is 0 Å². The van der Waals surface area contributed by atoms with E-state index >= 15 is 0 Å². The molecule has 1 aromatic heterocycles. The van der Waals surface area contributed by atoms with Crippen LogP contribution in [-0.4, -0.2) is 60.2 Å². The third kappa shape index (κ3) is 3.43. The molecule has 0 bridgehead atoms. The highest BCUT2D eigenvalue weighted by atomic mass is 32.1. The van der Waals surface area contributed by atoms with Crippen molar-refractivity contribution >= 4 is 16.7 Å². The van der Waals surface area contributed by atoms with E-state index in [1.807, 2.05) is 6.92 Å². The molecule has 0 spiro atoms. The Morgan fingerprint density at radius 1 is 1.32 bits per heavy atom. The molecule has 0 unspecified atom stereocenters. The lowest BCUT2D eigenvalue weighted by atomic mass is 10.1. The van der Waals surface area contributed by atoms with Crippen LogP contribution in [0.15, 0.2) is 0 Å². The molecule has 3 rings (SSSR count). The van der Waals surface area contributed by atoms with E-state index in [2.05, 4.69) is 19.2 Å². The van der Waals surface area contributed by atoms with Gasteiger partial charge in [0.15, 0.2) is 0 Å². The van der Waals surface area contributed by atoms with Gasteiger partial charge in [-0.15, -0.1) is 0 Å². The molecule has 19 heavy (non-hydrogen) atoms. The van der Waals surface area contributed by atoms with Crippen molar-refractivity contribution in [1.82, 2.24) is 14.3 Å². The fourth-order valence-electron chi connectivity index (χ4n) is 2.85. The summed E-state index contributed by atoms with van der Waals surface area (Å²) in [6.07, 6.45) is 2.45. The summed E-state index contributed by atoms with van der Waals surface area (Å²) in [6, 6.07) is 0. The molecular formula is C13H22N4OS. The Bertz CT molecular complexity index is 405. The lowest BCUT2D eigenvalue weighted by Crippen LogP contribution is -2.34. The number of nitrogens with zero attached hydrogens (tertiary/aromatic N) is 4. The first-order valence-corrected chi connectivity index (χ1v) is 7.94. The Labute approximate surface area is 118 Å². The van der Waals surface area contributed by atoms with Gasteiger partial charge in [0.1, 0.15) is 5.82 Å². The van der Waals surface area contributed by atoms with Gasteiger partial charge in [-0.25, -0.2) is 4.98 Å². The maximum Gasteiger partial charge on any atom is 0.205 e. The maximum atomic E-state index is 5.47. The minimum Gasteiger partial charge on any atom is -0.381 e. The lowest BCUT2D eigenvalue weighted by molar-refractivity contribution is 0.169. The molecule has 0 radical (unpaired) electrons. The van der Waals surface area contributed by atoms with Gasteiger partial charge in [-0.1, -0.05) is 0 Å². The summed E-state index contributed by atoms with van der Waals surface area (Å²) in [5.74, 6) is 1.64. The van der Waals surface area contributed by atoms with E-state index < -0.39 is 0 Å². The van der Waals surface area contributed by atoms with E-state index in [9.17, 15) is 0 Å². The molecule has 106 valence electrons. The van der Waals surface area contributed by atoms with Crippen molar-refractivity contribution < 1.29 is 4.74 Å². The van der Waals surface area contributed by atoms with Crippen LogP contribution >= 0.6 is 11.5 Å².